The lowest BCUT2D eigenvalue weighted by Crippen LogP contribution is -2.21. The number of hydrogen-bond donors (Lipinski definition) is 1. The van der Waals surface area contributed by atoms with Gasteiger partial charge in [-0.15, -0.1) is 0 Å². The van der Waals surface area contributed by atoms with Gasteiger partial charge in [0.25, 0.3) is 0 Å². The summed E-state index contributed by atoms with van der Waals surface area (Å²) in [5, 5.41) is 3.12. The fourth-order valence-electron chi connectivity index (χ4n) is 1.38. The van der Waals surface area contributed by atoms with Crippen LogP contribution in [0.2, 0.25) is 0 Å². The highest BCUT2D eigenvalue weighted by atomic mass is 16.5. The second kappa shape index (κ2) is 6.30. The van der Waals surface area contributed by atoms with Crippen molar-refractivity contribution in [3.63, 3.8) is 0 Å². The molecule has 0 aliphatic carbocycles. The largest absolute Gasteiger partial charge is 0.493 e. The Balaban J connectivity index is 2.49. The van der Waals surface area contributed by atoms with Gasteiger partial charge in [0.2, 0.25) is 0 Å². The van der Waals surface area contributed by atoms with E-state index in [9.17, 15) is 0 Å². The number of rotatable bonds is 6. The van der Waals surface area contributed by atoms with Gasteiger partial charge in [-0.2, -0.15) is 0 Å². The lowest BCUT2D eigenvalue weighted by molar-refractivity contribution is 0.246. The molecule has 3 heteroatoms. The van der Waals surface area contributed by atoms with Gasteiger partial charge < -0.3 is 14.8 Å². The Hall–Kier alpha value is -1.22. The lowest BCUT2D eigenvalue weighted by Gasteiger charge is -2.14. The second-order valence-electron chi connectivity index (χ2n) is 3.62. The predicted octanol–water partition coefficient (Wildman–Crippen LogP) is 1.93. The molecule has 0 saturated carbocycles. The predicted molar refractivity (Wildman–Crippen MR) is 61.6 cm³/mol. The summed E-state index contributed by atoms with van der Waals surface area (Å²) in [6.07, 6.45) is 0. The fraction of sp³-hybridized carbons (Fsp3) is 0.500. The van der Waals surface area contributed by atoms with Crippen LogP contribution in [0.25, 0.3) is 0 Å². The molecular weight excluding hydrogens is 190 g/mol. The molecule has 0 fully saturated rings. The van der Waals surface area contributed by atoms with Gasteiger partial charge in [-0.25, -0.2) is 0 Å². The molecule has 1 rings (SSSR count). The monoisotopic (exact) mass is 209 g/mol. The fourth-order valence-corrected chi connectivity index (χ4v) is 1.38. The van der Waals surface area contributed by atoms with Crippen molar-refractivity contribution in [1.82, 2.24) is 5.32 Å². The van der Waals surface area contributed by atoms with Crippen LogP contribution in [0.15, 0.2) is 24.3 Å². The van der Waals surface area contributed by atoms with Gasteiger partial charge in [0.15, 0.2) is 11.5 Å². The first-order chi connectivity index (χ1) is 7.27. The third-order valence-electron chi connectivity index (χ3n) is 2.15. The molecule has 0 unspecified atom stereocenters. The second-order valence-corrected chi connectivity index (χ2v) is 3.62. The minimum absolute atomic E-state index is 0.486. The van der Waals surface area contributed by atoms with E-state index in [2.05, 4.69) is 12.2 Å². The Kier molecular flexibility index (Phi) is 4.98. The van der Waals surface area contributed by atoms with Crippen molar-refractivity contribution in [1.29, 1.82) is 0 Å². The zero-order valence-corrected chi connectivity index (χ0v) is 9.62. The summed E-state index contributed by atoms with van der Waals surface area (Å²) in [7, 11) is 3.60. The van der Waals surface area contributed by atoms with E-state index >= 15 is 0 Å². The van der Waals surface area contributed by atoms with Crippen LogP contribution < -0.4 is 14.8 Å². The molecule has 1 aromatic rings. The maximum Gasteiger partial charge on any atom is 0.161 e. The Morgan fingerprint density at radius 3 is 2.53 bits per heavy atom. The Bertz CT molecular complexity index is 289. The molecule has 1 aromatic carbocycles. The van der Waals surface area contributed by atoms with E-state index < -0.39 is 0 Å². The van der Waals surface area contributed by atoms with E-state index in [1.807, 2.05) is 31.3 Å². The van der Waals surface area contributed by atoms with Crippen LogP contribution in [-0.4, -0.2) is 27.3 Å². The van der Waals surface area contributed by atoms with Crippen molar-refractivity contribution in [3.8, 4) is 11.5 Å². The van der Waals surface area contributed by atoms with Crippen molar-refractivity contribution in [2.45, 2.75) is 6.92 Å². The summed E-state index contributed by atoms with van der Waals surface area (Å²) in [5.74, 6) is 2.08. The third kappa shape index (κ3) is 3.80. The Labute approximate surface area is 91.4 Å². The van der Waals surface area contributed by atoms with E-state index in [0.29, 0.717) is 12.5 Å². The van der Waals surface area contributed by atoms with Crippen LogP contribution in [-0.2, 0) is 0 Å². The minimum atomic E-state index is 0.486. The maximum atomic E-state index is 5.68. The van der Waals surface area contributed by atoms with Crippen molar-refractivity contribution < 1.29 is 9.47 Å². The average Bonchev–Trinajstić information content (AvgIpc) is 2.27. The molecule has 15 heavy (non-hydrogen) atoms. The van der Waals surface area contributed by atoms with Crippen LogP contribution in [0.3, 0.4) is 0 Å². The van der Waals surface area contributed by atoms with E-state index in [1.54, 1.807) is 7.11 Å². The van der Waals surface area contributed by atoms with Crippen LogP contribution >= 0.6 is 0 Å². The molecule has 0 bridgehead atoms. The van der Waals surface area contributed by atoms with Gasteiger partial charge in [0, 0.05) is 12.5 Å². The summed E-state index contributed by atoms with van der Waals surface area (Å²) in [6.45, 7) is 3.79. The smallest absolute Gasteiger partial charge is 0.161 e. The number of para-hydroxylation sites is 2. The summed E-state index contributed by atoms with van der Waals surface area (Å²) in [6, 6.07) is 7.70. The quantitative estimate of drug-likeness (QED) is 0.776. The van der Waals surface area contributed by atoms with Crippen LogP contribution in [0.4, 0.5) is 0 Å². The van der Waals surface area contributed by atoms with Gasteiger partial charge in [0.1, 0.15) is 0 Å². The van der Waals surface area contributed by atoms with E-state index in [4.69, 9.17) is 9.47 Å². The molecule has 3 nitrogen and oxygen atoms in total. The summed E-state index contributed by atoms with van der Waals surface area (Å²) in [4.78, 5) is 0. The van der Waals surface area contributed by atoms with Crippen molar-refractivity contribution >= 4 is 0 Å². The zero-order valence-electron chi connectivity index (χ0n) is 9.62. The molecule has 0 spiro atoms. The molecule has 0 aliphatic heterocycles. The van der Waals surface area contributed by atoms with Gasteiger partial charge in [0.05, 0.1) is 13.7 Å². The van der Waals surface area contributed by atoms with Crippen molar-refractivity contribution in [2.24, 2.45) is 5.92 Å². The normalized spacial score (nSPS) is 12.2. The summed E-state index contributed by atoms with van der Waals surface area (Å²) < 4.78 is 10.9. The first kappa shape index (κ1) is 11.9. The Morgan fingerprint density at radius 1 is 1.27 bits per heavy atom. The Morgan fingerprint density at radius 2 is 1.93 bits per heavy atom. The molecule has 0 heterocycles. The standard InChI is InChI=1S/C12H19NO2/c1-10(8-13-2)9-15-12-7-5-4-6-11(12)14-3/h4-7,10,13H,8-9H2,1-3H3/t10-/m1/s1. The zero-order chi connectivity index (χ0) is 11.1. The van der Waals surface area contributed by atoms with Crippen molar-refractivity contribution in [2.75, 3.05) is 27.3 Å². The molecule has 84 valence electrons. The molecule has 0 saturated heterocycles. The van der Waals surface area contributed by atoms with Gasteiger partial charge in [-0.3, -0.25) is 0 Å². The average molecular weight is 209 g/mol. The van der Waals surface area contributed by atoms with Crippen LogP contribution in [0.1, 0.15) is 6.92 Å². The van der Waals surface area contributed by atoms with Crippen LogP contribution in [0, 0.1) is 5.92 Å². The van der Waals surface area contributed by atoms with Gasteiger partial charge >= 0.3 is 0 Å². The third-order valence-corrected chi connectivity index (χ3v) is 2.15. The number of methoxy groups -OCH3 is 1. The highest BCUT2D eigenvalue weighted by Gasteiger charge is 2.05. The molecule has 0 amide bonds. The van der Waals surface area contributed by atoms with E-state index in [0.717, 1.165) is 18.0 Å². The number of nitrogens with one attached hydrogen (secondary N) is 1. The summed E-state index contributed by atoms with van der Waals surface area (Å²) >= 11 is 0. The minimum Gasteiger partial charge on any atom is -0.493 e. The highest BCUT2D eigenvalue weighted by molar-refractivity contribution is 5.39. The van der Waals surface area contributed by atoms with Gasteiger partial charge in [-0.1, -0.05) is 19.1 Å². The summed E-state index contributed by atoms with van der Waals surface area (Å²) in [5.41, 5.74) is 0. The SMILES string of the molecule is CNC[C@@H](C)COc1ccccc1OC. The lowest BCUT2D eigenvalue weighted by atomic mass is 10.2. The highest BCUT2D eigenvalue weighted by Crippen LogP contribution is 2.25. The van der Waals surface area contributed by atoms with Gasteiger partial charge in [-0.05, 0) is 19.2 Å². The van der Waals surface area contributed by atoms with E-state index in [1.165, 1.54) is 0 Å². The number of ether oxygens (including phenoxy) is 2. The first-order valence-electron chi connectivity index (χ1n) is 5.18. The molecule has 0 aromatic heterocycles. The molecule has 0 radical (unpaired) electrons. The molecule has 0 aliphatic rings. The maximum absolute atomic E-state index is 5.68. The number of benzene rings is 1. The topological polar surface area (TPSA) is 30.5 Å². The van der Waals surface area contributed by atoms with E-state index in [-0.39, 0.29) is 0 Å². The first-order valence-corrected chi connectivity index (χ1v) is 5.18. The molecule has 1 atom stereocenters. The number of hydrogen-bond acceptors (Lipinski definition) is 3. The van der Waals surface area contributed by atoms with Crippen molar-refractivity contribution in [3.05, 3.63) is 24.3 Å². The molecular formula is C12H19NO2. The van der Waals surface area contributed by atoms with Crippen LogP contribution in [0.5, 0.6) is 11.5 Å². The molecule has 1 N–H and O–H groups in total.